The van der Waals surface area contributed by atoms with E-state index in [0.29, 0.717) is 22.9 Å². The average molecular weight is 640 g/mol. The Balaban J connectivity index is 1.58. The lowest BCUT2D eigenvalue weighted by Crippen LogP contribution is -2.52. The third-order valence-electron chi connectivity index (χ3n) is 7.98. The minimum atomic E-state index is -3.61. The van der Waals surface area contributed by atoms with Crippen LogP contribution in [0, 0.1) is 0 Å². The van der Waals surface area contributed by atoms with Gasteiger partial charge in [-0.2, -0.15) is 0 Å². The summed E-state index contributed by atoms with van der Waals surface area (Å²) in [5, 5.41) is 3.79. The average Bonchev–Trinajstić information content (AvgIpc) is 3.01. The van der Waals surface area contributed by atoms with E-state index in [2.05, 4.69) is 5.32 Å². The molecule has 1 atom stereocenters. The highest BCUT2D eigenvalue weighted by atomic mass is 35.5. The standard InChI is InChI=1S/C34H42ClN3O5S/c1-43-31-20-18-30(19-21-31)38(44(2,41)42)22-10-17-33(39)37(25-27-13-9-14-28(35)23-27)32(24-26-11-5-3-6-12-26)34(40)36-29-15-7-4-8-16-29/h3,5-6,9,11-14,18-21,23,29,32H,4,7-8,10,15-17,22,24-25H2,1-2H3,(H,36,40)/t32-/m1/s1. The number of nitrogens with one attached hydrogen (secondary N) is 1. The van der Waals surface area contributed by atoms with Gasteiger partial charge in [0, 0.05) is 37.0 Å². The summed E-state index contributed by atoms with van der Waals surface area (Å²) in [5.74, 6) is 0.213. The highest BCUT2D eigenvalue weighted by molar-refractivity contribution is 7.92. The largest absolute Gasteiger partial charge is 0.497 e. The van der Waals surface area contributed by atoms with Crippen molar-refractivity contribution >= 4 is 39.1 Å². The van der Waals surface area contributed by atoms with Gasteiger partial charge in [-0.3, -0.25) is 13.9 Å². The highest BCUT2D eigenvalue weighted by Crippen LogP contribution is 2.24. The zero-order valence-electron chi connectivity index (χ0n) is 25.5. The van der Waals surface area contributed by atoms with Crippen LogP contribution in [-0.4, -0.2) is 57.1 Å². The van der Waals surface area contributed by atoms with Crippen molar-refractivity contribution in [3.8, 4) is 5.75 Å². The zero-order valence-corrected chi connectivity index (χ0v) is 27.0. The fourth-order valence-electron chi connectivity index (χ4n) is 5.68. The summed E-state index contributed by atoms with van der Waals surface area (Å²) < 4.78 is 31.9. The molecule has 0 spiro atoms. The molecule has 1 N–H and O–H groups in total. The van der Waals surface area contributed by atoms with Crippen LogP contribution in [0.15, 0.2) is 78.9 Å². The second-order valence-electron chi connectivity index (χ2n) is 11.3. The molecular formula is C34H42ClN3O5S. The lowest BCUT2D eigenvalue weighted by atomic mass is 9.94. The molecule has 0 saturated heterocycles. The van der Waals surface area contributed by atoms with E-state index in [0.717, 1.165) is 43.1 Å². The monoisotopic (exact) mass is 639 g/mol. The van der Waals surface area contributed by atoms with E-state index in [4.69, 9.17) is 16.3 Å². The van der Waals surface area contributed by atoms with Gasteiger partial charge in [0.2, 0.25) is 21.8 Å². The van der Waals surface area contributed by atoms with Crippen molar-refractivity contribution in [1.29, 1.82) is 0 Å². The van der Waals surface area contributed by atoms with Gasteiger partial charge in [0.05, 0.1) is 19.1 Å². The molecule has 0 heterocycles. The Labute approximate surface area is 266 Å². The Morgan fingerprint density at radius 3 is 2.27 bits per heavy atom. The number of sulfonamides is 1. The number of methoxy groups -OCH3 is 1. The molecule has 1 aliphatic carbocycles. The van der Waals surface area contributed by atoms with Gasteiger partial charge >= 0.3 is 0 Å². The van der Waals surface area contributed by atoms with Crippen LogP contribution in [0.5, 0.6) is 5.75 Å². The summed E-state index contributed by atoms with van der Waals surface area (Å²) in [7, 11) is -2.06. The molecule has 1 aliphatic rings. The molecular weight excluding hydrogens is 598 g/mol. The summed E-state index contributed by atoms with van der Waals surface area (Å²) in [5.41, 5.74) is 2.25. The Kier molecular flexibility index (Phi) is 12.1. The number of rotatable bonds is 14. The highest BCUT2D eigenvalue weighted by Gasteiger charge is 2.32. The second kappa shape index (κ2) is 16.0. The van der Waals surface area contributed by atoms with Crippen LogP contribution in [0.3, 0.4) is 0 Å². The summed E-state index contributed by atoms with van der Waals surface area (Å²) >= 11 is 6.29. The van der Waals surface area contributed by atoms with Crippen LogP contribution in [0.25, 0.3) is 0 Å². The summed E-state index contributed by atoms with van der Waals surface area (Å²) in [6, 6.07) is 23.1. The molecule has 10 heteroatoms. The smallest absolute Gasteiger partial charge is 0.243 e. The number of nitrogens with zero attached hydrogens (tertiary/aromatic N) is 2. The molecule has 0 aliphatic heterocycles. The van der Waals surface area contributed by atoms with Gasteiger partial charge in [-0.1, -0.05) is 73.3 Å². The van der Waals surface area contributed by atoms with Crippen molar-refractivity contribution in [3.05, 3.63) is 95.0 Å². The van der Waals surface area contributed by atoms with Gasteiger partial charge in [0.15, 0.2) is 0 Å². The van der Waals surface area contributed by atoms with Crippen LogP contribution in [0.4, 0.5) is 5.69 Å². The molecule has 1 fully saturated rings. The van der Waals surface area contributed by atoms with E-state index in [1.54, 1.807) is 48.4 Å². The first kappa shape index (κ1) is 33.3. The van der Waals surface area contributed by atoms with Gasteiger partial charge in [-0.15, -0.1) is 0 Å². The Hall–Kier alpha value is -3.56. The maximum Gasteiger partial charge on any atom is 0.243 e. The van der Waals surface area contributed by atoms with Crippen molar-refractivity contribution in [2.45, 2.75) is 70.0 Å². The van der Waals surface area contributed by atoms with Crippen LogP contribution in [0.1, 0.15) is 56.1 Å². The van der Waals surface area contributed by atoms with E-state index < -0.39 is 16.1 Å². The van der Waals surface area contributed by atoms with E-state index in [1.807, 2.05) is 42.5 Å². The second-order valence-corrected chi connectivity index (χ2v) is 13.7. The van der Waals surface area contributed by atoms with Crippen molar-refractivity contribution < 1.29 is 22.7 Å². The van der Waals surface area contributed by atoms with E-state index in [-0.39, 0.29) is 43.8 Å². The van der Waals surface area contributed by atoms with E-state index in [1.165, 1.54) is 10.7 Å². The number of hydrogen-bond donors (Lipinski definition) is 1. The van der Waals surface area contributed by atoms with Gasteiger partial charge in [0.1, 0.15) is 11.8 Å². The van der Waals surface area contributed by atoms with Gasteiger partial charge in [-0.25, -0.2) is 8.42 Å². The van der Waals surface area contributed by atoms with Crippen molar-refractivity contribution in [3.63, 3.8) is 0 Å². The first-order valence-electron chi connectivity index (χ1n) is 15.1. The predicted molar refractivity (Wildman–Crippen MR) is 175 cm³/mol. The van der Waals surface area contributed by atoms with Crippen LogP contribution in [0.2, 0.25) is 5.02 Å². The Bertz CT molecular complexity index is 1480. The third-order valence-corrected chi connectivity index (χ3v) is 9.41. The minimum Gasteiger partial charge on any atom is -0.497 e. The van der Waals surface area contributed by atoms with Crippen LogP contribution < -0.4 is 14.4 Å². The molecule has 1 saturated carbocycles. The summed E-state index contributed by atoms with van der Waals surface area (Å²) in [6.45, 7) is 0.308. The molecule has 44 heavy (non-hydrogen) atoms. The van der Waals surface area contributed by atoms with Gasteiger partial charge in [-0.05, 0) is 66.8 Å². The summed E-state index contributed by atoms with van der Waals surface area (Å²) in [6.07, 6.45) is 7.01. The Morgan fingerprint density at radius 2 is 1.64 bits per heavy atom. The number of benzene rings is 3. The van der Waals surface area contributed by atoms with Crippen molar-refractivity contribution in [2.24, 2.45) is 0 Å². The number of amides is 2. The Morgan fingerprint density at radius 1 is 0.955 bits per heavy atom. The third kappa shape index (κ3) is 9.72. The summed E-state index contributed by atoms with van der Waals surface area (Å²) in [4.78, 5) is 29.6. The SMILES string of the molecule is COc1ccc(N(CCCC(=O)N(Cc2cccc(Cl)c2)[C@H](Cc2ccccc2)C(=O)NC2CCCCC2)S(C)(=O)=O)cc1. The molecule has 0 radical (unpaired) electrons. The molecule has 4 rings (SSSR count). The number of anilines is 1. The van der Waals surface area contributed by atoms with E-state index in [9.17, 15) is 18.0 Å². The maximum absolute atomic E-state index is 14.0. The number of halogens is 1. The number of carbonyl (C=O) groups excluding carboxylic acids is 2. The zero-order chi connectivity index (χ0) is 31.5. The molecule has 8 nitrogen and oxygen atoms in total. The predicted octanol–water partition coefficient (Wildman–Crippen LogP) is 5.98. The first-order chi connectivity index (χ1) is 21.1. The molecule has 0 bridgehead atoms. The first-order valence-corrected chi connectivity index (χ1v) is 17.4. The number of ether oxygens (including phenoxy) is 1. The fourth-order valence-corrected chi connectivity index (χ4v) is 6.86. The minimum absolute atomic E-state index is 0.0603. The topological polar surface area (TPSA) is 96.0 Å². The van der Waals surface area contributed by atoms with Gasteiger partial charge < -0.3 is 15.0 Å². The molecule has 3 aromatic carbocycles. The van der Waals surface area contributed by atoms with E-state index >= 15 is 0 Å². The molecule has 0 unspecified atom stereocenters. The molecule has 0 aromatic heterocycles. The van der Waals surface area contributed by atoms with Crippen molar-refractivity contribution in [2.75, 3.05) is 24.2 Å². The van der Waals surface area contributed by atoms with Gasteiger partial charge in [0.25, 0.3) is 0 Å². The normalized spacial score (nSPS) is 14.4. The molecule has 3 aromatic rings. The molecule has 2 amide bonds. The number of carbonyl (C=O) groups is 2. The van der Waals surface area contributed by atoms with Crippen LogP contribution >= 0.6 is 11.6 Å². The van der Waals surface area contributed by atoms with Crippen LogP contribution in [-0.2, 0) is 32.6 Å². The quantitative estimate of drug-likeness (QED) is 0.234. The number of hydrogen-bond acceptors (Lipinski definition) is 5. The van der Waals surface area contributed by atoms with Crippen molar-refractivity contribution in [1.82, 2.24) is 10.2 Å². The maximum atomic E-state index is 14.0. The lowest BCUT2D eigenvalue weighted by Gasteiger charge is -2.34. The molecule has 236 valence electrons. The fraction of sp³-hybridized carbons (Fsp3) is 0.412. The lowest BCUT2D eigenvalue weighted by molar-refractivity contribution is -0.141.